The van der Waals surface area contributed by atoms with Gasteiger partial charge in [-0.05, 0) is 47.5 Å². The number of halogens is 2. The minimum absolute atomic E-state index is 0.0828. The summed E-state index contributed by atoms with van der Waals surface area (Å²) in [4.78, 5) is 15.0. The first-order valence-corrected chi connectivity index (χ1v) is 10.4. The van der Waals surface area contributed by atoms with Crippen molar-refractivity contribution < 1.29 is 14.3 Å². The third-order valence-corrected chi connectivity index (χ3v) is 5.99. The molecule has 0 radical (unpaired) electrons. The molecule has 1 amide bonds. The number of aromatic nitrogens is 2. The van der Waals surface area contributed by atoms with E-state index >= 15 is 0 Å². The summed E-state index contributed by atoms with van der Waals surface area (Å²) in [5.74, 6) is -0.329. The average Bonchev–Trinajstić information content (AvgIpc) is 3.35. The fraction of sp³-hybridized carbons (Fsp3) is 0.167. The SMILES string of the molecule is O=C(CCn1ncc2ccc(F)cc21)N1Cc2ccccc2C1c1cc(Cl)ccc1O. The van der Waals surface area contributed by atoms with Gasteiger partial charge in [0, 0.05) is 28.9 Å². The van der Waals surface area contributed by atoms with Gasteiger partial charge in [-0.15, -0.1) is 0 Å². The highest BCUT2D eigenvalue weighted by molar-refractivity contribution is 6.30. The number of carbonyl (C=O) groups excluding carboxylic acids is 1. The van der Waals surface area contributed by atoms with Crippen LogP contribution in [0.3, 0.4) is 0 Å². The third-order valence-electron chi connectivity index (χ3n) is 5.75. The Kier molecular flexibility index (Phi) is 4.87. The second kappa shape index (κ2) is 7.71. The van der Waals surface area contributed by atoms with Crippen molar-refractivity contribution in [1.29, 1.82) is 0 Å². The molecule has 0 saturated heterocycles. The van der Waals surface area contributed by atoms with Crippen LogP contribution in [-0.2, 0) is 17.9 Å². The summed E-state index contributed by atoms with van der Waals surface area (Å²) >= 11 is 6.19. The highest BCUT2D eigenvalue weighted by Crippen LogP contribution is 2.42. The van der Waals surface area contributed by atoms with E-state index in [4.69, 9.17) is 11.6 Å². The second-order valence-corrected chi connectivity index (χ2v) is 8.08. The van der Waals surface area contributed by atoms with Crippen LogP contribution in [0.15, 0.2) is 66.9 Å². The quantitative estimate of drug-likeness (QED) is 0.487. The van der Waals surface area contributed by atoms with Crippen LogP contribution in [0.2, 0.25) is 5.02 Å². The molecule has 0 fully saturated rings. The van der Waals surface area contributed by atoms with Crippen molar-refractivity contribution in [3.8, 4) is 5.75 Å². The largest absolute Gasteiger partial charge is 0.508 e. The molecule has 7 heteroatoms. The number of fused-ring (bicyclic) bond motifs is 2. The van der Waals surface area contributed by atoms with Gasteiger partial charge in [0.15, 0.2) is 0 Å². The summed E-state index contributed by atoms with van der Waals surface area (Å²) in [5, 5.41) is 16.1. The van der Waals surface area contributed by atoms with E-state index in [-0.39, 0.29) is 23.9 Å². The standard InChI is InChI=1S/C24H19ClFN3O2/c25-17-6-8-22(30)20(11-17)24-19-4-2-1-3-16(19)14-28(24)23(31)9-10-29-21-12-18(26)7-5-15(21)13-27-29/h1-8,11-13,24,30H,9-10,14H2. The van der Waals surface area contributed by atoms with Crippen molar-refractivity contribution in [2.75, 3.05) is 0 Å². The van der Waals surface area contributed by atoms with Crippen molar-refractivity contribution >= 4 is 28.4 Å². The molecule has 156 valence electrons. The zero-order chi connectivity index (χ0) is 21.5. The van der Waals surface area contributed by atoms with Crippen LogP contribution in [0, 0.1) is 5.82 Å². The molecule has 5 rings (SSSR count). The van der Waals surface area contributed by atoms with E-state index in [1.165, 1.54) is 12.1 Å². The predicted octanol–water partition coefficient (Wildman–Crippen LogP) is 5.06. The summed E-state index contributed by atoms with van der Waals surface area (Å²) in [6.45, 7) is 0.771. The lowest BCUT2D eigenvalue weighted by atomic mass is 9.97. The Labute approximate surface area is 183 Å². The summed E-state index contributed by atoms with van der Waals surface area (Å²) in [6, 6.07) is 16.7. The van der Waals surface area contributed by atoms with Gasteiger partial charge in [-0.3, -0.25) is 9.48 Å². The van der Waals surface area contributed by atoms with Crippen LogP contribution in [0.4, 0.5) is 4.39 Å². The molecule has 3 aromatic carbocycles. The van der Waals surface area contributed by atoms with E-state index < -0.39 is 6.04 Å². The molecule has 1 atom stereocenters. The lowest BCUT2D eigenvalue weighted by Crippen LogP contribution is -2.31. The van der Waals surface area contributed by atoms with Gasteiger partial charge in [0.2, 0.25) is 5.91 Å². The molecule has 0 saturated carbocycles. The fourth-order valence-electron chi connectivity index (χ4n) is 4.27. The summed E-state index contributed by atoms with van der Waals surface area (Å²) < 4.78 is 15.3. The van der Waals surface area contributed by atoms with Crippen LogP contribution in [0.25, 0.3) is 10.9 Å². The minimum atomic E-state index is -0.422. The highest BCUT2D eigenvalue weighted by atomic mass is 35.5. The van der Waals surface area contributed by atoms with Gasteiger partial charge < -0.3 is 10.0 Å². The third kappa shape index (κ3) is 3.53. The Hall–Kier alpha value is -3.38. The first kappa shape index (κ1) is 19.6. The van der Waals surface area contributed by atoms with Crippen LogP contribution < -0.4 is 0 Å². The fourth-order valence-corrected chi connectivity index (χ4v) is 4.45. The van der Waals surface area contributed by atoms with Crippen molar-refractivity contribution in [3.63, 3.8) is 0 Å². The van der Waals surface area contributed by atoms with Crippen molar-refractivity contribution in [2.24, 2.45) is 0 Å². The summed E-state index contributed by atoms with van der Waals surface area (Å²) in [7, 11) is 0. The molecule has 31 heavy (non-hydrogen) atoms. The maximum atomic E-state index is 13.6. The Balaban J connectivity index is 1.44. The van der Waals surface area contributed by atoms with Crippen molar-refractivity contribution in [2.45, 2.75) is 25.6 Å². The number of phenolic OH excluding ortho intramolecular Hbond substituents is 1. The van der Waals surface area contributed by atoms with E-state index in [1.807, 2.05) is 24.3 Å². The maximum Gasteiger partial charge on any atom is 0.225 e. The van der Waals surface area contributed by atoms with Crippen molar-refractivity contribution in [1.82, 2.24) is 14.7 Å². The average molecular weight is 436 g/mol. The number of hydrogen-bond donors (Lipinski definition) is 1. The number of carbonyl (C=O) groups is 1. The van der Waals surface area contributed by atoms with Gasteiger partial charge in [-0.2, -0.15) is 5.10 Å². The lowest BCUT2D eigenvalue weighted by molar-refractivity contribution is -0.133. The Morgan fingerprint density at radius 1 is 1.13 bits per heavy atom. The molecule has 4 aromatic rings. The summed E-state index contributed by atoms with van der Waals surface area (Å²) in [6.07, 6.45) is 1.86. The Morgan fingerprint density at radius 3 is 2.84 bits per heavy atom. The Morgan fingerprint density at radius 2 is 1.97 bits per heavy atom. The molecule has 2 heterocycles. The topological polar surface area (TPSA) is 58.4 Å². The number of hydrogen-bond acceptors (Lipinski definition) is 3. The van der Waals surface area contributed by atoms with Crippen LogP contribution in [0.1, 0.15) is 29.2 Å². The molecule has 0 bridgehead atoms. The number of benzene rings is 3. The molecular formula is C24H19ClFN3O2. The van der Waals surface area contributed by atoms with E-state index in [0.29, 0.717) is 29.2 Å². The van der Waals surface area contributed by atoms with E-state index in [1.54, 1.807) is 40.0 Å². The van der Waals surface area contributed by atoms with Gasteiger partial charge >= 0.3 is 0 Å². The number of phenols is 1. The van der Waals surface area contributed by atoms with Gasteiger partial charge in [-0.25, -0.2) is 4.39 Å². The van der Waals surface area contributed by atoms with E-state index in [0.717, 1.165) is 16.5 Å². The number of rotatable bonds is 4. The second-order valence-electron chi connectivity index (χ2n) is 7.65. The van der Waals surface area contributed by atoms with Crippen LogP contribution in [0.5, 0.6) is 5.75 Å². The molecule has 1 aliphatic rings. The van der Waals surface area contributed by atoms with E-state index in [9.17, 15) is 14.3 Å². The first-order valence-electron chi connectivity index (χ1n) is 9.98. The summed E-state index contributed by atoms with van der Waals surface area (Å²) in [5.41, 5.74) is 3.26. The normalized spacial score (nSPS) is 15.4. The first-order chi connectivity index (χ1) is 15.0. The highest BCUT2D eigenvalue weighted by Gasteiger charge is 2.35. The number of aromatic hydroxyl groups is 1. The molecule has 5 nitrogen and oxygen atoms in total. The Bertz CT molecular complexity index is 1300. The molecule has 0 spiro atoms. The van der Waals surface area contributed by atoms with Gasteiger partial charge in [0.05, 0.1) is 24.3 Å². The number of aryl methyl sites for hydroxylation is 1. The van der Waals surface area contributed by atoms with Gasteiger partial charge in [0.25, 0.3) is 0 Å². The lowest BCUT2D eigenvalue weighted by Gasteiger charge is -2.26. The van der Waals surface area contributed by atoms with Crippen LogP contribution in [-0.4, -0.2) is 25.7 Å². The van der Waals surface area contributed by atoms with Crippen LogP contribution >= 0.6 is 11.6 Å². The monoisotopic (exact) mass is 435 g/mol. The van der Waals surface area contributed by atoms with E-state index in [2.05, 4.69) is 5.10 Å². The smallest absolute Gasteiger partial charge is 0.225 e. The molecular weight excluding hydrogens is 417 g/mol. The zero-order valence-corrected chi connectivity index (χ0v) is 17.3. The molecule has 1 N–H and O–H groups in total. The minimum Gasteiger partial charge on any atom is -0.508 e. The van der Waals surface area contributed by atoms with Crippen molar-refractivity contribution in [3.05, 3.63) is 94.4 Å². The zero-order valence-electron chi connectivity index (χ0n) is 16.5. The molecule has 1 unspecified atom stereocenters. The van der Waals surface area contributed by atoms with Gasteiger partial charge in [-0.1, -0.05) is 35.9 Å². The number of nitrogens with zero attached hydrogens (tertiary/aromatic N) is 3. The molecule has 1 aliphatic heterocycles. The molecule has 1 aromatic heterocycles. The maximum absolute atomic E-state index is 13.6. The number of amides is 1. The molecule has 0 aliphatic carbocycles. The van der Waals surface area contributed by atoms with Gasteiger partial charge in [0.1, 0.15) is 11.6 Å². The predicted molar refractivity (Wildman–Crippen MR) is 116 cm³/mol.